The molecule has 2 aliphatic heterocycles. The molecule has 3 aliphatic carbocycles. The highest BCUT2D eigenvalue weighted by Crippen LogP contribution is 2.51. The number of ether oxygens (including phenoxy) is 1. The molecule has 5 atom stereocenters. The molecule has 1 aromatic heterocycles. The molecule has 4 nitrogen and oxygen atoms in total. The van der Waals surface area contributed by atoms with Crippen LogP contribution in [0.4, 0.5) is 17.1 Å². The number of allylic oxidation sites excluding steroid dienone is 7. The summed E-state index contributed by atoms with van der Waals surface area (Å²) in [6, 6.07) is 52.5. The highest BCUT2D eigenvalue weighted by Gasteiger charge is 2.40. The van der Waals surface area contributed by atoms with Gasteiger partial charge in [-0.25, -0.2) is 0 Å². The SMILES string of the molecule is C1=CC(C2=CCC(N(C3=CC4C(C=C3)c3ccccc3N4c3ccccc3)c3ccc(-c4ccc5oc6ccccc6c5c4)cc3)C=C2)C2C(=C1)Oc1ccccc12. The first kappa shape index (κ1) is 33.1. The Morgan fingerprint density at radius 1 is 0.621 bits per heavy atom. The zero-order chi connectivity index (χ0) is 38.2. The van der Waals surface area contributed by atoms with Gasteiger partial charge in [-0.15, -0.1) is 0 Å². The van der Waals surface area contributed by atoms with Crippen LogP contribution >= 0.6 is 0 Å². The molecule has 5 unspecified atom stereocenters. The molecule has 6 aromatic carbocycles. The molecule has 7 aromatic rings. The van der Waals surface area contributed by atoms with Gasteiger partial charge in [-0.1, -0.05) is 127 Å². The zero-order valence-electron chi connectivity index (χ0n) is 31.9. The number of hydrogen-bond donors (Lipinski definition) is 0. The molecule has 0 spiro atoms. The number of furan rings is 1. The third-order valence-electron chi connectivity index (χ3n) is 12.8. The molecule has 0 radical (unpaired) electrons. The summed E-state index contributed by atoms with van der Waals surface area (Å²) in [4.78, 5) is 5.08. The largest absolute Gasteiger partial charge is 0.461 e. The van der Waals surface area contributed by atoms with E-state index in [1.807, 2.05) is 12.1 Å². The minimum atomic E-state index is 0.124. The summed E-state index contributed by atoms with van der Waals surface area (Å²) in [6.45, 7) is 0. The van der Waals surface area contributed by atoms with Crippen molar-refractivity contribution in [3.8, 4) is 16.9 Å². The van der Waals surface area contributed by atoms with Crippen molar-refractivity contribution in [2.45, 2.75) is 30.3 Å². The fourth-order valence-corrected chi connectivity index (χ4v) is 10.1. The maximum absolute atomic E-state index is 6.33. The van der Waals surface area contributed by atoms with Gasteiger partial charge in [-0.2, -0.15) is 0 Å². The molecule has 3 heterocycles. The smallest absolute Gasteiger partial charge is 0.135 e. The van der Waals surface area contributed by atoms with Crippen LogP contribution in [0.15, 0.2) is 222 Å². The fourth-order valence-electron chi connectivity index (χ4n) is 10.1. The molecule has 4 heteroatoms. The van der Waals surface area contributed by atoms with Gasteiger partial charge in [-0.3, -0.25) is 0 Å². The average molecular weight is 749 g/mol. The molecule has 0 N–H and O–H groups in total. The quantitative estimate of drug-likeness (QED) is 0.169. The van der Waals surface area contributed by atoms with E-state index in [9.17, 15) is 0 Å². The van der Waals surface area contributed by atoms with Crippen LogP contribution in [0.3, 0.4) is 0 Å². The van der Waals surface area contributed by atoms with Gasteiger partial charge in [0.05, 0.1) is 18.0 Å². The summed E-state index contributed by atoms with van der Waals surface area (Å²) < 4.78 is 12.5. The summed E-state index contributed by atoms with van der Waals surface area (Å²) >= 11 is 0. The number of nitrogens with zero attached hydrogens (tertiary/aromatic N) is 2. The number of rotatable bonds is 6. The molecule has 0 bridgehead atoms. The predicted octanol–water partition coefficient (Wildman–Crippen LogP) is 13.3. The maximum Gasteiger partial charge on any atom is 0.135 e. The number of benzene rings is 6. The first-order chi connectivity index (χ1) is 28.7. The number of para-hydroxylation sites is 4. The molecule has 58 heavy (non-hydrogen) atoms. The third-order valence-corrected chi connectivity index (χ3v) is 12.8. The minimum Gasteiger partial charge on any atom is -0.461 e. The lowest BCUT2D eigenvalue weighted by molar-refractivity contribution is 0.409. The summed E-state index contributed by atoms with van der Waals surface area (Å²) in [5, 5.41) is 2.29. The number of fused-ring (bicyclic) bond motifs is 9. The highest BCUT2D eigenvalue weighted by molar-refractivity contribution is 6.06. The normalized spacial score (nSPS) is 22.4. The van der Waals surface area contributed by atoms with Crippen molar-refractivity contribution < 1.29 is 9.15 Å². The Bertz CT molecular complexity index is 2940. The van der Waals surface area contributed by atoms with Crippen LogP contribution in [0, 0.1) is 5.92 Å². The molecular weight excluding hydrogens is 709 g/mol. The van der Waals surface area contributed by atoms with Crippen LogP contribution in [0.5, 0.6) is 5.75 Å². The number of hydrogen-bond acceptors (Lipinski definition) is 4. The zero-order valence-corrected chi connectivity index (χ0v) is 31.9. The predicted molar refractivity (Wildman–Crippen MR) is 237 cm³/mol. The summed E-state index contributed by atoms with van der Waals surface area (Å²) in [6.07, 6.45) is 22.1. The van der Waals surface area contributed by atoms with E-state index in [2.05, 4.69) is 198 Å². The van der Waals surface area contributed by atoms with Crippen LogP contribution in [0.2, 0.25) is 0 Å². The molecule has 278 valence electrons. The first-order valence-corrected chi connectivity index (χ1v) is 20.4. The van der Waals surface area contributed by atoms with E-state index >= 15 is 0 Å². The Balaban J connectivity index is 0.916. The van der Waals surface area contributed by atoms with Crippen molar-refractivity contribution in [3.63, 3.8) is 0 Å². The van der Waals surface area contributed by atoms with Crippen molar-refractivity contribution in [3.05, 3.63) is 228 Å². The topological polar surface area (TPSA) is 28.9 Å². The van der Waals surface area contributed by atoms with Crippen molar-refractivity contribution in [1.29, 1.82) is 0 Å². The van der Waals surface area contributed by atoms with E-state index in [4.69, 9.17) is 9.15 Å². The lowest BCUT2D eigenvalue weighted by Crippen LogP contribution is -2.37. The maximum atomic E-state index is 6.33. The van der Waals surface area contributed by atoms with E-state index in [1.54, 1.807) is 0 Å². The average Bonchev–Trinajstić information content (AvgIpc) is 3.96. The first-order valence-electron chi connectivity index (χ1n) is 20.4. The van der Waals surface area contributed by atoms with Gasteiger partial charge in [-0.05, 0) is 102 Å². The Morgan fingerprint density at radius 3 is 2.28 bits per heavy atom. The van der Waals surface area contributed by atoms with Gasteiger partial charge in [0.15, 0.2) is 0 Å². The molecule has 0 amide bonds. The van der Waals surface area contributed by atoms with Gasteiger partial charge in [0.2, 0.25) is 0 Å². The molecule has 12 rings (SSSR count). The van der Waals surface area contributed by atoms with E-state index < -0.39 is 0 Å². The highest BCUT2D eigenvalue weighted by atomic mass is 16.5. The van der Waals surface area contributed by atoms with Crippen LogP contribution < -0.4 is 14.5 Å². The van der Waals surface area contributed by atoms with Gasteiger partial charge >= 0.3 is 0 Å². The van der Waals surface area contributed by atoms with E-state index in [-0.39, 0.29) is 29.8 Å². The lowest BCUT2D eigenvalue weighted by atomic mass is 9.76. The van der Waals surface area contributed by atoms with Gasteiger partial charge < -0.3 is 19.0 Å². The van der Waals surface area contributed by atoms with E-state index in [0.717, 1.165) is 39.9 Å². The Hall–Kier alpha value is -7.04. The second-order valence-corrected chi connectivity index (χ2v) is 15.9. The molecule has 5 aliphatic rings. The van der Waals surface area contributed by atoms with Crippen molar-refractivity contribution >= 4 is 39.0 Å². The van der Waals surface area contributed by atoms with Crippen LogP contribution in [-0.2, 0) is 0 Å². The minimum absolute atomic E-state index is 0.124. The van der Waals surface area contributed by atoms with E-state index in [1.165, 1.54) is 50.6 Å². The molecule has 0 fully saturated rings. The summed E-state index contributed by atoms with van der Waals surface area (Å²) in [5.41, 5.74) is 13.0. The lowest BCUT2D eigenvalue weighted by Gasteiger charge is -2.38. The monoisotopic (exact) mass is 748 g/mol. The Kier molecular flexibility index (Phi) is 7.59. The van der Waals surface area contributed by atoms with E-state index in [0.29, 0.717) is 0 Å². The summed E-state index contributed by atoms with van der Waals surface area (Å²) in [7, 11) is 0. The van der Waals surface area contributed by atoms with Crippen LogP contribution in [-0.4, -0.2) is 12.1 Å². The van der Waals surface area contributed by atoms with Crippen molar-refractivity contribution in [2.75, 3.05) is 9.80 Å². The molecule has 0 saturated carbocycles. The molecule has 0 saturated heterocycles. The van der Waals surface area contributed by atoms with Gasteiger partial charge in [0.25, 0.3) is 0 Å². The fraction of sp³-hybridized carbons (Fsp3) is 0.111. The van der Waals surface area contributed by atoms with Gasteiger partial charge in [0, 0.05) is 50.9 Å². The Morgan fingerprint density at radius 2 is 1.40 bits per heavy atom. The van der Waals surface area contributed by atoms with Crippen LogP contribution in [0.25, 0.3) is 33.1 Å². The Labute approximate surface area is 338 Å². The standard InChI is InChI=1S/C54H40N2O2/c1-2-11-38(12-3-1)56-48-17-7-4-13-43(48)44-31-30-41(34-49(44)56)55(39-26-21-35(22-27-39)37-25-32-52-47(33-37)45-14-5-8-18-50(45)57-52)40-28-23-36(24-29-40)42-16-10-20-53-54(42)46-15-6-9-19-51(46)58-53/h1-28,30-34,40,42,44,49,54H,29H2. The van der Waals surface area contributed by atoms with Crippen molar-refractivity contribution in [2.24, 2.45) is 5.92 Å². The third kappa shape index (κ3) is 5.29. The van der Waals surface area contributed by atoms with Crippen molar-refractivity contribution in [1.82, 2.24) is 0 Å². The second kappa shape index (κ2) is 13.3. The summed E-state index contributed by atoms with van der Waals surface area (Å²) in [5.74, 6) is 2.71. The van der Waals surface area contributed by atoms with Crippen LogP contribution in [0.1, 0.15) is 29.4 Å². The molecular formula is C54H40N2O2. The second-order valence-electron chi connectivity index (χ2n) is 15.9. The number of anilines is 3. The van der Waals surface area contributed by atoms with Gasteiger partial charge in [0.1, 0.15) is 22.7 Å².